The number of nitrogens with zero attached hydrogens (tertiary/aromatic N) is 2. The third-order valence-electron chi connectivity index (χ3n) is 4.35. The number of carbonyl (C=O) groups is 1. The molecule has 0 radical (unpaired) electrons. The Morgan fingerprint density at radius 1 is 1.13 bits per heavy atom. The number of thiazole rings is 1. The molecule has 1 N–H and O–H groups in total. The van der Waals surface area contributed by atoms with Crippen molar-refractivity contribution in [1.29, 1.82) is 0 Å². The van der Waals surface area contributed by atoms with Crippen molar-refractivity contribution in [2.45, 2.75) is 44.7 Å². The van der Waals surface area contributed by atoms with E-state index in [4.69, 9.17) is 11.6 Å². The summed E-state index contributed by atoms with van der Waals surface area (Å²) in [7, 11) is -3.66. The van der Waals surface area contributed by atoms with Crippen LogP contribution in [0.3, 0.4) is 0 Å². The van der Waals surface area contributed by atoms with Crippen molar-refractivity contribution in [3.63, 3.8) is 0 Å². The van der Waals surface area contributed by atoms with Crippen LogP contribution in [0.15, 0.2) is 45.8 Å². The Kier molecular flexibility index (Phi) is 6.88. The molecule has 6 nitrogen and oxygen atoms in total. The second kappa shape index (κ2) is 8.92. The Morgan fingerprint density at radius 2 is 1.80 bits per heavy atom. The first-order valence-electron chi connectivity index (χ1n) is 9.21. The predicted molar refractivity (Wildman–Crippen MR) is 126 cm³/mol. The zero-order valence-electron chi connectivity index (χ0n) is 16.8. The number of sulfonamides is 1. The van der Waals surface area contributed by atoms with Crippen molar-refractivity contribution in [2.75, 3.05) is 5.32 Å². The van der Waals surface area contributed by atoms with Gasteiger partial charge in [-0.15, -0.1) is 0 Å². The van der Waals surface area contributed by atoms with Crippen LogP contribution in [0.4, 0.5) is 5.13 Å². The van der Waals surface area contributed by atoms with Crippen LogP contribution in [0.1, 0.15) is 38.1 Å². The zero-order chi connectivity index (χ0) is 22.2. The van der Waals surface area contributed by atoms with E-state index in [2.05, 4.69) is 26.2 Å². The van der Waals surface area contributed by atoms with E-state index in [1.807, 2.05) is 27.7 Å². The predicted octanol–water partition coefficient (Wildman–Crippen LogP) is 5.77. The maximum Gasteiger partial charge on any atom is 0.258 e. The number of aromatic nitrogens is 1. The average Bonchev–Trinajstić information content (AvgIpc) is 3.03. The number of hydrogen-bond donors (Lipinski definition) is 1. The number of hydrogen-bond acceptors (Lipinski definition) is 5. The van der Waals surface area contributed by atoms with Gasteiger partial charge in [0.25, 0.3) is 5.91 Å². The molecule has 1 amide bonds. The van der Waals surface area contributed by atoms with E-state index in [1.165, 1.54) is 15.6 Å². The fraction of sp³-hybridized carbons (Fsp3) is 0.300. The molecule has 0 saturated heterocycles. The molecule has 0 fully saturated rings. The fourth-order valence-electron chi connectivity index (χ4n) is 3.23. The Morgan fingerprint density at radius 3 is 2.43 bits per heavy atom. The molecule has 10 heteroatoms. The molecule has 0 aliphatic heterocycles. The van der Waals surface area contributed by atoms with Crippen LogP contribution in [0.2, 0.25) is 5.02 Å². The third-order valence-corrected chi connectivity index (χ3v) is 8.35. The summed E-state index contributed by atoms with van der Waals surface area (Å²) in [4.78, 5) is 17.2. The van der Waals surface area contributed by atoms with Crippen LogP contribution in [0.5, 0.6) is 0 Å². The highest BCUT2D eigenvalue weighted by Crippen LogP contribution is 2.31. The average molecular weight is 531 g/mol. The quantitative estimate of drug-likeness (QED) is 0.439. The van der Waals surface area contributed by atoms with Crippen molar-refractivity contribution < 1.29 is 13.2 Å². The first-order chi connectivity index (χ1) is 14.0. The van der Waals surface area contributed by atoms with Crippen LogP contribution >= 0.6 is 38.9 Å². The van der Waals surface area contributed by atoms with Crippen LogP contribution in [0, 0.1) is 0 Å². The number of halogens is 2. The number of carbonyl (C=O) groups excluding carboxylic acids is 1. The van der Waals surface area contributed by atoms with E-state index in [0.29, 0.717) is 25.9 Å². The summed E-state index contributed by atoms with van der Waals surface area (Å²) in [5, 5.41) is 3.43. The maximum absolute atomic E-state index is 13.1. The zero-order valence-corrected chi connectivity index (χ0v) is 20.8. The van der Waals surface area contributed by atoms with E-state index in [9.17, 15) is 13.2 Å². The lowest BCUT2D eigenvalue weighted by molar-refractivity contribution is 0.102. The van der Waals surface area contributed by atoms with E-state index in [1.54, 1.807) is 36.4 Å². The molecule has 0 unspecified atom stereocenters. The number of nitrogens with one attached hydrogen (secondary N) is 1. The molecule has 1 heterocycles. The van der Waals surface area contributed by atoms with Crippen LogP contribution in [0.25, 0.3) is 10.2 Å². The van der Waals surface area contributed by atoms with E-state index < -0.39 is 10.0 Å². The molecular weight excluding hydrogens is 510 g/mol. The van der Waals surface area contributed by atoms with Gasteiger partial charge in [-0.25, -0.2) is 13.4 Å². The molecule has 2 aromatic carbocycles. The van der Waals surface area contributed by atoms with Gasteiger partial charge < -0.3 is 0 Å². The largest absolute Gasteiger partial charge is 0.298 e. The summed E-state index contributed by atoms with van der Waals surface area (Å²) >= 11 is 10.6. The first-order valence-corrected chi connectivity index (χ1v) is 12.6. The van der Waals surface area contributed by atoms with Gasteiger partial charge in [0.05, 0.1) is 25.7 Å². The van der Waals surface area contributed by atoms with Crippen molar-refractivity contribution in [1.82, 2.24) is 9.29 Å². The highest BCUT2D eigenvalue weighted by Gasteiger charge is 2.29. The van der Waals surface area contributed by atoms with Gasteiger partial charge in [-0.05, 0) is 64.1 Å². The highest BCUT2D eigenvalue weighted by molar-refractivity contribution is 9.10. The van der Waals surface area contributed by atoms with Crippen molar-refractivity contribution in [2.24, 2.45) is 0 Å². The Bertz CT molecular complexity index is 1200. The molecule has 1 aromatic heterocycles. The second-order valence-corrected chi connectivity index (χ2v) is 11.4. The van der Waals surface area contributed by atoms with Gasteiger partial charge in [-0.3, -0.25) is 10.1 Å². The van der Waals surface area contributed by atoms with Gasteiger partial charge in [0.2, 0.25) is 10.0 Å². The van der Waals surface area contributed by atoms with E-state index >= 15 is 0 Å². The first kappa shape index (κ1) is 23.1. The molecule has 0 saturated carbocycles. The topological polar surface area (TPSA) is 79.4 Å². The maximum atomic E-state index is 13.1. The van der Waals surface area contributed by atoms with Gasteiger partial charge in [-0.2, -0.15) is 4.31 Å². The Balaban J connectivity index is 1.93. The number of benzene rings is 2. The fourth-order valence-corrected chi connectivity index (χ4v) is 6.63. The number of rotatable bonds is 6. The van der Waals surface area contributed by atoms with E-state index in [0.717, 1.165) is 4.47 Å². The molecule has 0 bridgehead atoms. The molecular formula is C20H21BrClN3O3S2. The number of fused-ring (bicyclic) bond motifs is 1. The monoisotopic (exact) mass is 529 g/mol. The molecule has 3 rings (SSSR count). The summed E-state index contributed by atoms with van der Waals surface area (Å²) in [6, 6.07) is 9.46. The summed E-state index contributed by atoms with van der Waals surface area (Å²) in [6.45, 7) is 7.40. The summed E-state index contributed by atoms with van der Waals surface area (Å²) in [5.74, 6) is -0.390. The Labute approximate surface area is 193 Å². The lowest BCUT2D eigenvalue weighted by Gasteiger charge is -2.29. The molecule has 0 aliphatic carbocycles. The SMILES string of the molecule is CC(C)N(C(C)C)S(=O)(=O)c1ccc2nc(NC(=O)c3cc(Br)ccc3Cl)sc2c1. The van der Waals surface area contributed by atoms with Crippen molar-refractivity contribution in [3.8, 4) is 0 Å². The number of amides is 1. The lowest BCUT2D eigenvalue weighted by atomic mass is 10.2. The normalized spacial score (nSPS) is 12.3. The second-order valence-electron chi connectivity index (χ2n) is 7.25. The molecule has 3 aromatic rings. The summed E-state index contributed by atoms with van der Waals surface area (Å²) in [6.07, 6.45) is 0. The number of anilines is 1. The molecule has 0 aliphatic rings. The van der Waals surface area contributed by atoms with Crippen LogP contribution in [-0.4, -0.2) is 35.7 Å². The highest BCUT2D eigenvalue weighted by atomic mass is 79.9. The standard InChI is InChI=1S/C20H21BrClN3O3S2/c1-11(2)25(12(3)4)30(27,28)14-6-8-17-18(10-14)29-20(23-17)24-19(26)15-9-13(21)5-7-16(15)22/h5-12H,1-4H3,(H,23,24,26). The van der Waals surface area contributed by atoms with Gasteiger partial charge in [0, 0.05) is 16.6 Å². The van der Waals surface area contributed by atoms with E-state index in [-0.39, 0.29) is 22.9 Å². The lowest BCUT2D eigenvalue weighted by Crippen LogP contribution is -2.41. The third kappa shape index (κ3) is 4.70. The van der Waals surface area contributed by atoms with Gasteiger partial charge in [-0.1, -0.05) is 38.9 Å². The minimum absolute atomic E-state index is 0.169. The minimum Gasteiger partial charge on any atom is -0.298 e. The molecule has 0 atom stereocenters. The van der Waals surface area contributed by atoms with Crippen LogP contribution < -0.4 is 5.32 Å². The van der Waals surface area contributed by atoms with Crippen LogP contribution in [-0.2, 0) is 10.0 Å². The Hall–Kier alpha value is -1.52. The summed E-state index contributed by atoms with van der Waals surface area (Å²) < 4.78 is 29.1. The van der Waals surface area contributed by atoms with Crippen molar-refractivity contribution in [3.05, 3.63) is 51.5 Å². The summed E-state index contributed by atoms with van der Waals surface area (Å²) in [5.41, 5.74) is 0.924. The van der Waals surface area contributed by atoms with Crippen molar-refractivity contribution >= 4 is 70.1 Å². The van der Waals surface area contributed by atoms with Gasteiger partial charge in [0.15, 0.2) is 5.13 Å². The smallest absolute Gasteiger partial charge is 0.258 e. The van der Waals surface area contributed by atoms with Gasteiger partial charge in [0.1, 0.15) is 0 Å². The molecule has 0 spiro atoms. The van der Waals surface area contributed by atoms with Gasteiger partial charge >= 0.3 is 0 Å². The minimum atomic E-state index is -3.66. The molecule has 30 heavy (non-hydrogen) atoms. The molecule has 160 valence electrons.